The third-order valence-corrected chi connectivity index (χ3v) is 3.21. The van der Waals surface area contributed by atoms with Crippen LogP contribution in [-0.2, 0) is 4.79 Å². The van der Waals surface area contributed by atoms with Crippen molar-refractivity contribution >= 4 is 23.3 Å². The number of nitrogens with zero attached hydrogens (tertiary/aromatic N) is 2. The van der Waals surface area contributed by atoms with Gasteiger partial charge in [-0.25, -0.2) is 9.69 Å². The number of rotatable bonds is 2. The smallest absolute Gasteiger partial charge is 0.334 e. The fraction of sp³-hybridized carbons (Fsp3) is 0.333. The summed E-state index contributed by atoms with van der Waals surface area (Å²) in [6.07, 6.45) is 0.319. The Morgan fingerprint density at radius 1 is 1.17 bits per heavy atom. The fourth-order valence-electron chi connectivity index (χ4n) is 2.12. The minimum absolute atomic E-state index is 0.00442. The van der Waals surface area contributed by atoms with Crippen molar-refractivity contribution in [1.29, 1.82) is 0 Å². The molecule has 6 nitrogen and oxygen atoms in total. The van der Waals surface area contributed by atoms with Gasteiger partial charge in [-0.1, -0.05) is 0 Å². The second-order valence-corrected chi connectivity index (χ2v) is 4.56. The Morgan fingerprint density at radius 2 is 1.78 bits per heavy atom. The molecule has 3 N–H and O–H groups in total. The van der Waals surface area contributed by atoms with E-state index in [-0.39, 0.29) is 6.04 Å². The lowest BCUT2D eigenvalue weighted by atomic mass is 10.2. The van der Waals surface area contributed by atoms with Crippen LogP contribution in [0.15, 0.2) is 24.3 Å². The third-order valence-electron chi connectivity index (χ3n) is 3.21. The molecule has 1 aliphatic carbocycles. The van der Waals surface area contributed by atoms with Crippen LogP contribution in [0, 0.1) is 0 Å². The van der Waals surface area contributed by atoms with Gasteiger partial charge < -0.3 is 10.8 Å². The van der Waals surface area contributed by atoms with E-state index < -0.39 is 18.2 Å². The number of anilines is 2. The molecule has 0 aromatic heterocycles. The summed E-state index contributed by atoms with van der Waals surface area (Å²) in [5.41, 5.74) is 6.54. The lowest BCUT2D eigenvalue weighted by Gasteiger charge is -2.17. The number of urea groups is 1. The van der Waals surface area contributed by atoms with Crippen LogP contribution in [0.25, 0.3) is 0 Å². The molecule has 0 radical (unpaired) electrons. The van der Waals surface area contributed by atoms with Crippen molar-refractivity contribution in [3.8, 4) is 0 Å². The number of aliphatic hydroxyl groups excluding tert-OH is 1. The Labute approximate surface area is 104 Å². The molecule has 18 heavy (non-hydrogen) atoms. The first-order valence-corrected chi connectivity index (χ1v) is 5.79. The molecule has 1 aliphatic heterocycles. The number of hydrogen-bond donors (Lipinski definition) is 2. The van der Waals surface area contributed by atoms with Crippen LogP contribution in [-0.4, -0.2) is 34.2 Å². The summed E-state index contributed by atoms with van der Waals surface area (Å²) in [5, 5.41) is 9.81. The normalized spacial score (nSPS) is 23.9. The zero-order valence-electron chi connectivity index (χ0n) is 9.61. The highest BCUT2D eigenvalue weighted by Gasteiger charge is 2.50. The number of carbonyl (C=O) groups excluding carboxylic acids is 2. The molecule has 1 unspecified atom stereocenters. The first-order valence-electron chi connectivity index (χ1n) is 5.79. The zero-order valence-corrected chi connectivity index (χ0v) is 9.61. The molecule has 0 spiro atoms. The average Bonchev–Trinajstić information content (AvgIpc) is 3.13. The summed E-state index contributed by atoms with van der Waals surface area (Å²) in [7, 11) is 0. The SMILES string of the molecule is Nc1ccc(N2C(=O)C(O)N(C3CC3)C2=O)cc1. The van der Waals surface area contributed by atoms with E-state index in [1.807, 2.05) is 0 Å². The number of nitrogens with two attached hydrogens (primary N) is 1. The maximum atomic E-state index is 12.1. The maximum Gasteiger partial charge on any atom is 0.334 e. The van der Waals surface area contributed by atoms with E-state index in [2.05, 4.69) is 0 Å². The molecule has 1 atom stereocenters. The van der Waals surface area contributed by atoms with Crippen LogP contribution < -0.4 is 10.6 Å². The van der Waals surface area contributed by atoms with Crippen LogP contribution in [0.1, 0.15) is 12.8 Å². The maximum absolute atomic E-state index is 12.1. The molecule has 1 saturated heterocycles. The standard InChI is InChI=1S/C12H13N3O3/c13-7-1-3-8(4-2-7)14-10(16)11(17)15(12(14)18)9-5-6-9/h1-4,9,11,17H,5-6,13H2. The fourth-order valence-corrected chi connectivity index (χ4v) is 2.12. The number of benzene rings is 1. The quantitative estimate of drug-likeness (QED) is 0.589. The van der Waals surface area contributed by atoms with Gasteiger partial charge in [0, 0.05) is 11.7 Å². The van der Waals surface area contributed by atoms with Gasteiger partial charge in [-0.2, -0.15) is 0 Å². The molecule has 6 heteroatoms. The van der Waals surface area contributed by atoms with Crippen molar-refractivity contribution in [3.63, 3.8) is 0 Å². The largest absolute Gasteiger partial charge is 0.399 e. The van der Waals surface area contributed by atoms with Gasteiger partial charge >= 0.3 is 6.03 Å². The summed E-state index contributed by atoms with van der Waals surface area (Å²) in [5.74, 6) is -0.600. The van der Waals surface area contributed by atoms with Crippen LogP contribution >= 0.6 is 0 Å². The molecule has 3 amide bonds. The molecular formula is C12H13N3O3. The van der Waals surface area contributed by atoms with E-state index in [9.17, 15) is 14.7 Å². The van der Waals surface area contributed by atoms with Crippen molar-refractivity contribution in [2.75, 3.05) is 10.6 Å². The van der Waals surface area contributed by atoms with Gasteiger partial charge in [-0.05, 0) is 37.1 Å². The number of hydrogen-bond acceptors (Lipinski definition) is 4. The van der Waals surface area contributed by atoms with E-state index in [4.69, 9.17) is 5.73 Å². The highest BCUT2D eigenvalue weighted by Crippen LogP contribution is 2.34. The predicted octanol–water partition coefficient (Wildman–Crippen LogP) is 0.518. The van der Waals surface area contributed by atoms with Crippen molar-refractivity contribution in [3.05, 3.63) is 24.3 Å². The summed E-state index contributed by atoms with van der Waals surface area (Å²) >= 11 is 0. The van der Waals surface area contributed by atoms with Crippen molar-refractivity contribution in [2.45, 2.75) is 25.1 Å². The van der Waals surface area contributed by atoms with Crippen LogP contribution in [0.4, 0.5) is 16.2 Å². The van der Waals surface area contributed by atoms with E-state index in [1.54, 1.807) is 24.3 Å². The molecule has 3 rings (SSSR count). The number of aliphatic hydroxyl groups is 1. The summed E-state index contributed by atoms with van der Waals surface area (Å²) in [6, 6.07) is 5.95. The second-order valence-electron chi connectivity index (χ2n) is 4.56. The van der Waals surface area contributed by atoms with Gasteiger partial charge in [0.25, 0.3) is 5.91 Å². The van der Waals surface area contributed by atoms with Crippen LogP contribution in [0.5, 0.6) is 0 Å². The second kappa shape index (κ2) is 3.71. The molecule has 1 saturated carbocycles. The zero-order chi connectivity index (χ0) is 12.9. The van der Waals surface area contributed by atoms with E-state index in [1.165, 1.54) is 4.90 Å². The number of carbonyl (C=O) groups is 2. The lowest BCUT2D eigenvalue weighted by Crippen LogP contribution is -2.36. The van der Waals surface area contributed by atoms with Crippen molar-refractivity contribution in [2.24, 2.45) is 0 Å². The molecule has 2 aliphatic rings. The van der Waals surface area contributed by atoms with Crippen LogP contribution in [0.2, 0.25) is 0 Å². The third kappa shape index (κ3) is 1.53. The molecule has 1 heterocycles. The van der Waals surface area contributed by atoms with E-state index >= 15 is 0 Å². The molecule has 0 bridgehead atoms. The van der Waals surface area contributed by atoms with Gasteiger partial charge in [0.2, 0.25) is 6.23 Å². The molecular weight excluding hydrogens is 234 g/mol. The topological polar surface area (TPSA) is 86.9 Å². The monoisotopic (exact) mass is 247 g/mol. The summed E-state index contributed by atoms with van der Waals surface area (Å²) in [4.78, 5) is 26.3. The van der Waals surface area contributed by atoms with Crippen molar-refractivity contribution < 1.29 is 14.7 Å². The van der Waals surface area contributed by atoms with E-state index in [0.717, 1.165) is 17.7 Å². The lowest BCUT2D eigenvalue weighted by molar-refractivity contribution is -0.129. The highest BCUT2D eigenvalue weighted by atomic mass is 16.3. The Kier molecular flexibility index (Phi) is 2.27. The number of amides is 3. The Balaban J connectivity index is 1.94. The predicted molar refractivity (Wildman–Crippen MR) is 64.6 cm³/mol. The van der Waals surface area contributed by atoms with Crippen molar-refractivity contribution in [1.82, 2.24) is 4.90 Å². The van der Waals surface area contributed by atoms with E-state index in [0.29, 0.717) is 11.4 Å². The summed E-state index contributed by atoms with van der Waals surface area (Å²) in [6.45, 7) is 0. The Bertz CT molecular complexity index is 510. The minimum Gasteiger partial charge on any atom is -0.399 e. The molecule has 1 aromatic carbocycles. The van der Waals surface area contributed by atoms with Crippen LogP contribution in [0.3, 0.4) is 0 Å². The highest BCUT2D eigenvalue weighted by molar-refractivity contribution is 6.20. The number of nitrogen functional groups attached to an aromatic ring is 1. The van der Waals surface area contributed by atoms with Gasteiger partial charge in [-0.15, -0.1) is 0 Å². The molecule has 1 aromatic rings. The van der Waals surface area contributed by atoms with Gasteiger partial charge in [0.05, 0.1) is 5.69 Å². The number of imide groups is 1. The van der Waals surface area contributed by atoms with Gasteiger partial charge in [-0.3, -0.25) is 9.69 Å². The minimum atomic E-state index is -1.36. The Morgan fingerprint density at radius 3 is 2.33 bits per heavy atom. The Hall–Kier alpha value is -2.08. The molecule has 2 fully saturated rings. The van der Waals surface area contributed by atoms with Gasteiger partial charge in [0.15, 0.2) is 0 Å². The van der Waals surface area contributed by atoms with Gasteiger partial charge in [0.1, 0.15) is 0 Å². The molecule has 94 valence electrons. The average molecular weight is 247 g/mol. The first kappa shape index (κ1) is 11.0. The first-order chi connectivity index (χ1) is 8.59. The summed E-state index contributed by atoms with van der Waals surface area (Å²) < 4.78 is 0.